The summed E-state index contributed by atoms with van der Waals surface area (Å²) in [7, 11) is -3.66. The molecule has 1 amide bonds. The molecule has 5 nitrogen and oxygen atoms in total. The summed E-state index contributed by atoms with van der Waals surface area (Å²) in [4.78, 5) is 15.0. The Hall–Kier alpha value is -2.67. The van der Waals surface area contributed by atoms with Crippen molar-refractivity contribution in [1.29, 1.82) is 0 Å². The SMILES string of the molecule is Cc1cc(C)c(S(=O)(=O)NCc2ccc3c(c2)N(C(=O)c2ccc(Cl)cc2)CC3)cc1C. The van der Waals surface area contributed by atoms with Crippen molar-refractivity contribution in [3.8, 4) is 0 Å². The van der Waals surface area contributed by atoms with Gasteiger partial charge in [0.1, 0.15) is 0 Å². The summed E-state index contributed by atoms with van der Waals surface area (Å²) >= 11 is 5.94. The van der Waals surface area contributed by atoms with E-state index >= 15 is 0 Å². The van der Waals surface area contributed by atoms with Gasteiger partial charge in [0.2, 0.25) is 10.0 Å². The topological polar surface area (TPSA) is 66.5 Å². The molecule has 32 heavy (non-hydrogen) atoms. The predicted octanol–water partition coefficient (Wildman–Crippen LogP) is 4.95. The molecule has 0 saturated heterocycles. The number of hydrogen-bond donors (Lipinski definition) is 1. The van der Waals surface area contributed by atoms with Gasteiger partial charge in [-0.05, 0) is 91.4 Å². The van der Waals surface area contributed by atoms with Gasteiger partial charge in [-0.3, -0.25) is 4.79 Å². The van der Waals surface area contributed by atoms with Gasteiger partial charge in [-0.1, -0.05) is 29.8 Å². The Labute approximate surface area is 194 Å². The highest BCUT2D eigenvalue weighted by atomic mass is 35.5. The zero-order valence-corrected chi connectivity index (χ0v) is 19.8. The van der Waals surface area contributed by atoms with E-state index in [1.807, 2.05) is 38.1 Å². The van der Waals surface area contributed by atoms with Crippen molar-refractivity contribution in [2.24, 2.45) is 0 Å². The number of carbonyl (C=O) groups is 1. The monoisotopic (exact) mass is 468 g/mol. The van der Waals surface area contributed by atoms with Gasteiger partial charge in [-0.15, -0.1) is 0 Å². The zero-order chi connectivity index (χ0) is 23.0. The number of fused-ring (bicyclic) bond motifs is 1. The molecule has 3 aromatic rings. The number of hydrogen-bond acceptors (Lipinski definition) is 3. The lowest BCUT2D eigenvalue weighted by molar-refractivity contribution is 0.0989. The molecule has 1 aliphatic heterocycles. The van der Waals surface area contributed by atoms with Crippen LogP contribution in [-0.2, 0) is 23.0 Å². The van der Waals surface area contributed by atoms with Crippen molar-refractivity contribution in [1.82, 2.24) is 4.72 Å². The Morgan fingerprint density at radius 3 is 2.38 bits per heavy atom. The number of aryl methyl sites for hydroxylation is 3. The van der Waals surface area contributed by atoms with E-state index in [0.29, 0.717) is 27.6 Å². The quantitative estimate of drug-likeness (QED) is 0.576. The summed E-state index contributed by atoms with van der Waals surface area (Å²) in [6.45, 7) is 6.41. The second kappa shape index (κ2) is 8.70. The lowest BCUT2D eigenvalue weighted by atomic mass is 10.1. The van der Waals surface area contributed by atoms with E-state index in [0.717, 1.165) is 34.4 Å². The summed E-state index contributed by atoms with van der Waals surface area (Å²) in [5, 5.41) is 0.581. The molecule has 0 aliphatic carbocycles. The van der Waals surface area contributed by atoms with Crippen molar-refractivity contribution in [2.45, 2.75) is 38.6 Å². The summed E-state index contributed by atoms with van der Waals surface area (Å²) < 4.78 is 28.6. The minimum Gasteiger partial charge on any atom is -0.308 e. The van der Waals surface area contributed by atoms with Gasteiger partial charge < -0.3 is 4.90 Å². The first kappa shape index (κ1) is 22.5. The Bertz CT molecular complexity index is 1300. The second-order valence-corrected chi connectivity index (χ2v) is 10.4. The van der Waals surface area contributed by atoms with E-state index in [4.69, 9.17) is 11.6 Å². The van der Waals surface area contributed by atoms with Crippen LogP contribution in [-0.4, -0.2) is 20.9 Å². The maximum absolute atomic E-state index is 13.0. The van der Waals surface area contributed by atoms with Crippen LogP contribution in [0.1, 0.15) is 38.2 Å². The van der Waals surface area contributed by atoms with Crippen LogP contribution in [0.25, 0.3) is 0 Å². The number of sulfonamides is 1. The van der Waals surface area contributed by atoms with Crippen LogP contribution in [0.2, 0.25) is 5.02 Å². The molecule has 0 spiro atoms. The van der Waals surface area contributed by atoms with Crippen molar-refractivity contribution in [2.75, 3.05) is 11.4 Å². The van der Waals surface area contributed by atoms with Crippen molar-refractivity contribution >= 4 is 33.2 Å². The van der Waals surface area contributed by atoms with E-state index in [1.165, 1.54) is 0 Å². The highest BCUT2D eigenvalue weighted by Crippen LogP contribution is 2.31. The number of anilines is 1. The highest BCUT2D eigenvalue weighted by Gasteiger charge is 2.26. The fourth-order valence-corrected chi connectivity index (χ4v) is 5.43. The van der Waals surface area contributed by atoms with Gasteiger partial charge >= 0.3 is 0 Å². The Morgan fingerprint density at radius 1 is 0.969 bits per heavy atom. The van der Waals surface area contributed by atoms with Gasteiger partial charge in [-0.25, -0.2) is 13.1 Å². The lowest BCUT2D eigenvalue weighted by Crippen LogP contribution is -2.29. The first-order chi connectivity index (χ1) is 15.2. The molecule has 1 aliphatic rings. The van der Waals surface area contributed by atoms with Crippen molar-refractivity contribution in [3.05, 3.63) is 93.0 Å². The van der Waals surface area contributed by atoms with Gasteiger partial charge in [0.25, 0.3) is 5.91 Å². The number of halogens is 1. The third-order valence-corrected chi connectivity index (χ3v) is 7.72. The van der Waals surface area contributed by atoms with E-state index < -0.39 is 10.0 Å². The third kappa shape index (κ3) is 4.44. The molecule has 166 valence electrons. The molecule has 3 aromatic carbocycles. The standard InChI is InChI=1S/C25H25ClN2O3S/c1-16-12-18(3)24(13-17(16)2)32(30,31)27-15-19-4-5-20-10-11-28(23(20)14-19)25(29)21-6-8-22(26)9-7-21/h4-9,12-14,27H,10-11,15H2,1-3H3. The molecule has 0 bridgehead atoms. The predicted molar refractivity (Wildman–Crippen MR) is 128 cm³/mol. The molecule has 0 unspecified atom stereocenters. The molecule has 4 rings (SSSR count). The van der Waals surface area contributed by atoms with Crippen LogP contribution < -0.4 is 9.62 Å². The Balaban J connectivity index is 1.55. The van der Waals surface area contributed by atoms with E-state index in [2.05, 4.69) is 4.72 Å². The number of amides is 1. The van der Waals surface area contributed by atoms with Crippen molar-refractivity contribution in [3.63, 3.8) is 0 Å². The molecule has 0 radical (unpaired) electrons. The minimum atomic E-state index is -3.66. The maximum atomic E-state index is 13.0. The van der Waals surface area contributed by atoms with Crippen LogP contribution in [0.15, 0.2) is 59.5 Å². The van der Waals surface area contributed by atoms with Crippen LogP contribution in [0.3, 0.4) is 0 Å². The molecule has 1 N–H and O–H groups in total. The van der Waals surface area contributed by atoms with E-state index in [1.54, 1.807) is 42.2 Å². The number of nitrogens with one attached hydrogen (secondary N) is 1. The smallest absolute Gasteiger partial charge is 0.258 e. The van der Waals surface area contributed by atoms with Gasteiger partial charge in [0.15, 0.2) is 0 Å². The summed E-state index contributed by atoms with van der Waals surface area (Å²) in [5.74, 6) is -0.0936. The van der Waals surface area contributed by atoms with Crippen molar-refractivity contribution < 1.29 is 13.2 Å². The molecule has 0 aromatic heterocycles. The number of nitrogens with zero attached hydrogens (tertiary/aromatic N) is 1. The van der Waals surface area contributed by atoms with Crippen LogP contribution in [0.5, 0.6) is 0 Å². The fraction of sp³-hybridized carbons (Fsp3) is 0.240. The highest BCUT2D eigenvalue weighted by molar-refractivity contribution is 7.89. The zero-order valence-electron chi connectivity index (χ0n) is 18.3. The fourth-order valence-electron chi connectivity index (χ4n) is 3.97. The Kier molecular flexibility index (Phi) is 6.12. The minimum absolute atomic E-state index is 0.0936. The van der Waals surface area contributed by atoms with Crippen LogP contribution in [0.4, 0.5) is 5.69 Å². The summed E-state index contributed by atoms with van der Waals surface area (Å²) in [6, 6.07) is 16.2. The third-order valence-electron chi connectivity index (χ3n) is 5.93. The maximum Gasteiger partial charge on any atom is 0.258 e. The molecule has 1 heterocycles. The molecule has 0 fully saturated rings. The Morgan fingerprint density at radius 2 is 1.66 bits per heavy atom. The van der Waals surface area contributed by atoms with E-state index in [-0.39, 0.29) is 12.5 Å². The molecular formula is C25H25ClN2O3S. The first-order valence-corrected chi connectivity index (χ1v) is 12.3. The number of rotatable bonds is 5. The normalized spacial score (nSPS) is 13.3. The lowest BCUT2D eigenvalue weighted by Gasteiger charge is -2.18. The van der Waals surface area contributed by atoms with Gasteiger partial charge in [0.05, 0.1) is 4.90 Å². The average molecular weight is 469 g/mol. The first-order valence-electron chi connectivity index (χ1n) is 10.4. The summed E-state index contributed by atoms with van der Waals surface area (Å²) in [6.07, 6.45) is 0.766. The molecule has 0 atom stereocenters. The number of benzene rings is 3. The summed E-state index contributed by atoms with van der Waals surface area (Å²) in [5.41, 5.74) is 5.97. The average Bonchev–Trinajstić information content (AvgIpc) is 3.18. The van der Waals surface area contributed by atoms with E-state index in [9.17, 15) is 13.2 Å². The number of carbonyl (C=O) groups excluding carboxylic acids is 1. The second-order valence-electron chi connectivity index (χ2n) is 8.20. The van der Waals surface area contributed by atoms with Crippen LogP contribution >= 0.6 is 11.6 Å². The molecule has 0 saturated carbocycles. The van der Waals surface area contributed by atoms with Crippen LogP contribution in [0, 0.1) is 20.8 Å². The molecule has 7 heteroatoms. The van der Waals surface area contributed by atoms with Gasteiger partial charge in [0, 0.05) is 29.4 Å². The molecular weight excluding hydrogens is 444 g/mol. The van der Waals surface area contributed by atoms with Gasteiger partial charge in [-0.2, -0.15) is 0 Å². The largest absolute Gasteiger partial charge is 0.308 e.